The first kappa shape index (κ1) is 26.4. The molecule has 1 atom stereocenters. The molecule has 1 amide bonds. The number of carbonyl (C=O) groups is 1. The fourth-order valence-electron chi connectivity index (χ4n) is 4.79. The van der Waals surface area contributed by atoms with Crippen LogP contribution in [0.15, 0.2) is 47.3 Å². The second kappa shape index (κ2) is 10.1. The van der Waals surface area contributed by atoms with Crippen molar-refractivity contribution < 1.29 is 14.3 Å². The zero-order chi connectivity index (χ0) is 27.9. The fraction of sp³-hybridized carbons (Fsp3) is 0.393. The lowest BCUT2D eigenvalue weighted by Crippen LogP contribution is -2.49. The fourth-order valence-corrected chi connectivity index (χ4v) is 4.79. The molecule has 39 heavy (non-hydrogen) atoms. The summed E-state index contributed by atoms with van der Waals surface area (Å²) in [4.78, 5) is 36.9. The Hall–Kier alpha value is -4.25. The zero-order valence-corrected chi connectivity index (χ0v) is 22.8. The molecule has 0 aliphatic carbocycles. The molecule has 1 fully saturated rings. The monoisotopic (exact) mass is 531 g/mol. The van der Waals surface area contributed by atoms with Crippen LogP contribution in [-0.2, 0) is 16.0 Å². The van der Waals surface area contributed by atoms with Gasteiger partial charge in [0, 0.05) is 23.5 Å². The van der Waals surface area contributed by atoms with Gasteiger partial charge in [-0.15, -0.1) is 5.10 Å². The maximum Gasteiger partial charge on any atom is 0.410 e. The highest BCUT2D eigenvalue weighted by molar-refractivity contribution is 5.90. The minimum absolute atomic E-state index is 0.0336. The molecule has 4 heterocycles. The third kappa shape index (κ3) is 5.49. The quantitative estimate of drug-likeness (QED) is 0.424. The van der Waals surface area contributed by atoms with Gasteiger partial charge in [-0.1, -0.05) is 30.3 Å². The number of amides is 1. The normalized spacial score (nSPS) is 16.0. The Morgan fingerprint density at radius 2 is 1.79 bits per heavy atom. The smallest absolute Gasteiger partial charge is 0.410 e. The summed E-state index contributed by atoms with van der Waals surface area (Å²) in [6, 6.07) is 13.5. The molecule has 4 aromatic rings. The molecule has 0 saturated carbocycles. The standard InChI is InChI=1S/C28H33N7O4/c1-17-13-20(14-18(2)30-17)22-23(19-9-7-6-8-10-19)31-25(29)35-24(22)32-34(26(35)36)16-21-15-33(11-12-38-21)27(37)39-28(3,4)5/h6-10,13-14,21H,11-12,15-16H2,1-5H3,(H2,29,31). The summed E-state index contributed by atoms with van der Waals surface area (Å²) in [7, 11) is 0. The number of rotatable bonds is 4. The minimum Gasteiger partial charge on any atom is -0.444 e. The molecule has 0 spiro atoms. The number of aryl methyl sites for hydroxylation is 2. The van der Waals surface area contributed by atoms with Crippen LogP contribution in [0.1, 0.15) is 32.2 Å². The third-order valence-electron chi connectivity index (χ3n) is 6.34. The van der Waals surface area contributed by atoms with Crippen LogP contribution in [0, 0.1) is 13.8 Å². The Morgan fingerprint density at radius 3 is 2.46 bits per heavy atom. The molecule has 1 unspecified atom stereocenters. The molecule has 0 bridgehead atoms. The van der Waals surface area contributed by atoms with Crippen LogP contribution in [0.5, 0.6) is 0 Å². The number of hydrogen-bond acceptors (Lipinski definition) is 8. The maximum atomic E-state index is 13.6. The van der Waals surface area contributed by atoms with Gasteiger partial charge >= 0.3 is 11.8 Å². The number of nitrogen functional groups attached to an aromatic ring is 1. The molecule has 11 nitrogen and oxygen atoms in total. The predicted molar refractivity (Wildman–Crippen MR) is 147 cm³/mol. The van der Waals surface area contributed by atoms with Gasteiger partial charge < -0.3 is 20.1 Å². The molecule has 5 rings (SSSR count). The average Bonchev–Trinajstić information content (AvgIpc) is 3.19. The Bertz CT molecular complexity index is 1570. The van der Waals surface area contributed by atoms with Crippen molar-refractivity contribution in [1.82, 2.24) is 29.0 Å². The van der Waals surface area contributed by atoms with Crippen LogP contribution >= 0.6 is 0 Å². The highest BCUT2D eigenvalue weighted by Gasteiger charge is 2.30. The van der Waals surface area contributed by atoms with Crippen molar-refractivity contribution in [2.45, 2.75) is 52.9 Å². The number of pyridine rings is 1. The topological polar surface area (TPSA) is 130 Å². The van der Waals surface area contributed by atoms with E-state index >= 15 is 0 Å². The number of aromatic nitrogens is 5. The highest BCUT2D eigenvalue weighted by Crippen LogP contribution is 2.34. The summed E-state index contributed by atoms with van der Waals surface area (Å²) < 4.78 is 14.1. The van der Waals surface area contributed by atoms with Crippen molar-refractivity contribution in [3.63, 3.8) is 0 Å². The van der Waals surface area contributed by atoms with Crippen molar-refractivity contribution in [1.29, 1.82) is 0 Å². The van der Waals surface area contributed by atoms with Gasteiger partial charge in [-0.25, -0.2) is 23.7 Å². The van der Waals surface area contributed by atoms with Gasteiger partial charge in [-0.2, -0.15) is 0 Å². The molecular formula is C28H33N7O4. The van der Waals surface area contributed by atoms with Crippen LogP contribution in [0.2, 0.25) is 0 Å². The van der Waals surface area contributed by atoms with Crippen molar-refractivity contribution in [2.24, 2.45) is 0 Å². The Morgan fingerprint density at radius 1 is 1.10 bits per heavy atom. The second-order valence-electron chi connectivity index (χ2n) is 10.7. The molecule has 1 aliphatic rings. The van der Waals surface area contributed by atoms with Gasteiger partial charge in [-0.05, 0) is 52.3 Å². The summed E-state index contributed by atoms with van der Waals surface area (Å²) in [5.41, 5.74) is 10.3. The number of carbonyl (C=O) groups excluding carboxylic acids is 1. The number of ether oxygens (including phenoxy) is 2. The van der Waals surface area contributed by atoms with Gasteiger partial charge in [0.15, 0.2) is 5.65 Å². The molecule has 1 saturated heterocycles. The van der Waals surface area contributed by atoms with E-state index in [1.54, 1.807) is 4.90 Å². The number of hydrogen-bond donors (Lipinski definition) is 1. The molecule has 2 N–H and O–H groups in total. The zero-order valence-electron chi connectivity index (χ0n) is 22.8. The molecule has 0 radical (unpaired) electrons. The summed E-state index contributed by atoms with van der Waals surface area (Å²) in [6.07, 6.45) is -0.865. The number of benzene rings is 1. The van der Waals surface area contributed by atoms with Crippen LogP contribution in [0.3, 0.4) is 0 Å². The third-order valence-corrected chi connectivity index (χ3v) is 6.34. The number of nitrogens with two attached hydrogens (primary N) is 1. The van der Waals surface area contributed by atoms with E-state index < -0.39 is 23.5 Å². The lowest BCUT2D eigenvalue weighted by atomic mass is 9.99. The molecule has 204 valence electrons. The SMILES string of the molecule is Cc1cc(-c2c(-c3ccccc3)nc(N)n3c(=O)n(CC4CN(C(=O)OC(C)(C)C)CCO4)nc23)cc(C)n1. The van der Waals surface area contributed by atoms with Crippen LogP contribution in [0.25, 0.3) is 28.0 Å². The highest BCUT2D eigenvalue weighted by atomic mass is 16.6. The number of anilines is 1. The van der Waals surface area contributed by atoms with Crippen LogP contribution < -0.4 is 11.4 Å². The van der Waals surface area contributed by atoms with Crippen molar-refractivity contribution in [3.8, 4) is 22.4 Å². The van der Waals surface area contributed by atoms with Crippen molar-refractivity contribution >= 4 is 17.7 Å². The summed E-state index contributed by atoms with van der Waals surface area (Å²) in [5.74, 6) is 0.0336. The lowest BCUT2D eigenvalue weighted by molar-refractivity contribution is -0.0486. The Balaban J connectivity index is 1.58. The molecule has 1 aromatic carbocycles. The van der Waals surface area contributed by atoms with E-state index in [0.29, 0.717) is 30.1 Å². The van der Waals surface area contributed by atoms with Gasteiger partial charge in [0.2, 0.25) is 5.95 Å². The van der Waals surface area contributed by atoms with E-state index in [2.05, 4.69) is 9.97 Å². The summed E-state index contributed by atoms with van der Waals surface area (Å²) in [6.45, 7) is 10.5. The van der Waals surface area contributed by atoms with E-state index in [4.69, 9.17) is 20.3 Å². The van der Waals surface area contributed by atoms with E-state index in [0.717, 1.165) is 22.5 Å². The van der Waals surface area contributed by atoms with Crippen molar-refractivity contribution in [2.75, 3.05) is 25.4 Å². The minimum atomic E-state index is -0.607. The van der Waals surface area contributed by atoms with Crippen LogP contribution in [0.4, 0.5) is 10.7 Å². The first-order valence-corrected chi connectivity index (χ1v) is 12.9. The second-order valence-corrected chi connectivity index (χ2v) is 10.7. The van der Waals surface area contributed by atoms with E-state index in [-0.39, 0.29) is 19.0 Å². The molecule has 3 aromatic heterocycles. The summed E-state index contributed by atoms with van der Waals surface area (Å²) in [5, 5.41) is 4.73. The van der Waals surface area contributed by atoms with Gasteiger partial charge in [0.25, 0.3) is 0 Å². The predicted octanol–water partition coefficient (Wildman–Crippen LogP) is 3.45. The Kier molecular flexibility index (Phi) is 6.85. The Labute approximate surface area is 226 Å². The maximum absolute atomic E-state index is 13.6. The van der Waals surface area contributed by atoms with Gasteiger partial charge in [0.05, 0.1) is 37.1 Å². The van der Waals surface area contributed by atoms with E-state index in [1.165, 1.54) is 9.08 Å². The van der Waals surface area contributed by atoms with Gasteiger partial charge in [0.1, 0.15) is 5.60 Å². The van der Waals surface area contributed by atoms with Crippen LogP contribution in [-0.4, -0.2) is 66.5 Å². The van der Waals surface area contributed by atoms with Gasteiger partial charge in [-0.3, -0.25) is 4.98 Å². The average molecular weight is 532 g/mol. The summed E-state index contributed by atoms with van der Waals surface area (Å²) >= 11 is 0. The number of morpholine rings is 1. The molecule has 11 heteroatoms. The first-order chi connectivity index (χ1) is 18.5. The largest absolute Gasteiger partial charge is 0.444 e. The molecular weight excluding hydrogens is 498 g/mol. The number of fused-ring (bicyclic) bond motifs is 1. The first-order valence-electron chi connectivity index (χ1n) is 12.9. The lowest BCUT2D eigenvalue weighted by Gasteiger charge is -2.34. The van der Waals surface area contributed by atoms with E-state index in [1.807, 2.05) is 77.1 Å². The number of nitrogens with zero attached hydrogens (tertiary/aromatic N) is 6. The molecule has 1 aliphatic heterocycles. The van der Waals surface area contributed by atoms with Crippen molar-refractivity contribution in [3.05, 3.63) is 64.3 Å². The van der Waals surface area contributed by atoms with E-state index in [9.17, 15) is 9.59 Å².